The Kier molecular flexibility index (Phi) is 7.01. The maximum atomic E-state index is 10.2. The second-order valence-electron chi connectivity index (χ2n) is 8.48. The van der Waals surface area contributed by atoms with Crippen LogP contribution in [-0.4, -0.2) is 63.9 Å². The van der Waals surface area contributed by atoms with Gasteiger partial charge in [0, 0.05) is 30.4 Å². The van der Waals surface area contributed by atoms with Crippen molar-refractivity contribution in [3.05, 3.63) is 54.0 Å². The fourth-order valence-electron chi connectivity index (χ4n) is 4.06. The van der Waals surface area contributed by atoms with Gasteiger partial charge in [-0.3, -0.25) is 4.90 Å². The van der Waals surface area contributed by atoms with Gasteiger partial charge in [-0.05, 0) is 69.5 Å². The first-order chi connectivity index (χ1) is 16.0. The zero-order chi connectivity index (χ0) is 23.2. The molecule has 0 spiro atoms. The van der Waals surface area contributed by atoms with Crippen LogP contribution in [0.4, 0.5) is 11.6 Å². The van der Waals surface area contributed by atoms with Gasteiger partial charge in [0.1, 0.15) is 17.4 Å². The molecule has 1 aromatic carbocycles. The molecule has 0 saturated carbocycles. The van der Waals surface area contributed by atoms with Gasteiger partial charge in [0.15, 0.2) is 0 Å². The van der Waals surface area contributed by atoms with Gasteiger partial charge in [0.05, 0.1) is 12.2 Å². The summed E-state index contributed by atoms with van der Waals surface area (Å²) in [5, 5.41) is 18.6. The van der Waals surface area contributed by atoms with Crippen LogP contribution in [0.3, 0.4) is 0 Å². The Labute approximate surface area is 194 Å². The van der Waals surface area contributed by atoms with E-state index < -0.39 is 0 Å². The molecule has 4 rings (SSSR count). The molecule has 3 N–H and O–H groups in total. The van der Waals surface area contributed by atoms with Gasteiger partial charge in [-0.25, -0.2) is 9.97 Å². The Hall–Kier alpha value is -3.70. The fourth-order valence-corrected chi connectivity index (χ4v) is 4.06. The van der Waals surface area contributed by atoms with E-state index in [1.807, 2.05) is 43.3 Å². The van der Waals surface area contributed by atoms with Crippen molar-refractivity contribution in [1.82, 2.24) is 25.1 Å². The van der Waals surface area contributed by atoms with Crippen LogP contribution < -0.4 is 10.6 Å². The number of hydrogen-bond donors (Lipinski definition) is 2. The summed E-state index contributed by atoms with van der Waals surface area (Å²) in [7, 11) is 3.96. The predicted molar refractivity (Wildman–Crippen MR) is 130 cm³/mol. The van der Waals surface area contributed by atoms with Crippen molar-refractivity contribution < 1.29 is 5.11 Å². The predicted octanol–water partition coefficient (Wildman–Crippen LogP) is 2.91. The fraction of sp³-hybridized carbons (Fsp3) is 0.360. The number of aromatic nitrogens is 4. The van der Waals surface area contributed by atoms with E-state index in [4.69, 9.17) is 5.73 Å². The van der Waals surface area contributed by atoms with Gasteiger partial charge < -0.3 is 15.7 Å². The smallest absolute Gasteiger partial charge is 0.206 e. The Balaban J connectivity index is 1.50. The first-order valence-corrected chi connectivity index (χ1v) is 11.1. The quantitative estimate of drug-likeness (QED) is 0.593. The molecule has 3 heterocycles. The Morgan fingerprint density at radius 2 is 2.00 bits per heavy atom. The molecule has 1 fully saturated rings. The molecule has 0 radical (unpaired) electrons. The highest BCUT2D eigenvalue weighted by Crippen LogP contribution is 2.35. The molecular weight excluding hydrogens is 414 g/mol. The Bertz CT molecular complexity index is 1170. The number of phenols is 1. The Morgan fingerprint density at radius 1 is 1.15 bits per heavy atom. The maximum Gasteiger partial charge on any atom is 0.206 e. The van der Waals surface area contributed by atoms with Crippen molar-refractivity contribution in [2.45, 2.75) is 25.2 Å². The summed E-state index contributed by atoms with van der Waals surface area (Å²) >= 11 is 0. The largest absolute Gasteiger partial charge is 0.507 e. The standard InChI is InChI=1S/C25H29N7O/c1-31(2)14-6-10-23-27-13-11-24(28-23)32-15-5-7-18(12-16-32)20-17-21(29-30-25(20)26)19-8-3-4-9-22(19)33/h3-4,8-9,11,13,17-18,33H,5,7,12,14-16H2,1-2H3,(H2,26,30). The van der Waals surface area contributed by atoms with Gasteiger partial charge in [0.25, 0.3) is 0 Å². The molecule has 170 valence electrons. The highest BCUT2D eigenvalue weighted by molar-refractivity contribution is 5.68. The SMILES string of the molecule is CN(C)CC#Cc1nccc(N2CCCC(c3cc(-c4ccccc4O)nnc3N)CC2)n1. The van der Waals surface area contributed by atoms with E-state index >= 15 is 0 Å². The summed E-state index contributed by atoms with van der Waals surface area (Å²) < 4.78 is 0. The molecule has 1 saturated heterocycles. The molecule has 1 unspecified atom stereocenters. The molecule has 0 aliphatic carbocycles. The minimum absolute atomic E-state index is 0.183. The normalized spacial score (nSPS) is 16.2. The zero-order valence-electron chi connectivity index (χ0n) is 19.1. The number of nitrogens with zero attached hydrogens (tertiary/aromatic N) is 6. The van der Waals surface area contributed by atoms with E-state index in [1.165, 1.54) is 0 Å². The average Bonchev–Trinajstić information content (AvgIpc) is 3.06. The number of phenolic OH excluding ortho intramolecular Hbond substituents is 1. The van der Waals surface area contributed by atoms with E-state index in [2.05, 4.69) is 36.9 Å². The van der Waals surface area contributed by atoms with Crippen molar-refractivity contribution in [2.24, 2.45) is 0 Å². The lowest BCUT2D eigenvalue weighted by atomic mass is 9.91. The summed E-state index contributed by atoms with van der Waals surface area (Å²) in [6, 6.07) is 11.1. The summed E-state index contributed by atoms with van der Waals surface area (Å²) in [6.45, 7) is 2.42. The topological polar surface area (TPSA) is 104 Å². The average molecular weight is 444 g/mol. The van der Waals surface area contributed by atoms with E-state index in [0.717, 1.165) is 43.7 Å². The van der Waals surface area contributed by atoms with Crippen LogP contribution in [-0.2, 0) is 0 Å². The number of anilines is 2. The number of hydrogen-bond acceptors (Lipinski definition) is 8. The molecule has 0 amide bonds. The Morgan fingerprint density at radius 3 is 2.82 bits per heavy atom. The van der Waals surface area contributed by atoms with Crippen LogP contribution in [0.5, 0.6) is 5.75 Å². The summed E-state index contributed by atoms with van der Waals surface area (Å²) in [5.74, 6) is 8.48. The summed E-state index contributed by atoms with van der Waals surface area (Å²) in [4.78, 5) is 13.2. The molecule has 8 heteroatoms. The molecule has 8 nitrogen and oxygen atoms in total. The second-order valence-corrected chi connectivity index (χ2v) is 8.48. The molecule has 1 atom stereocenters. The third kappa shape index (κ3) is 5.57. The van der Waals surface area contributed by atoms with Crippen LogP contribution >= 0.6 is 0 Å². The van der Waals surface area contributed by atoms with E-state index in [-0.39, 0.29) is 11.7 Å². The number of benzene rings is 1. The summed E-state index contributed by atoms with van der Waals surface area (Å²) in [5.41, 5.74) is 8.51. The number of para-hydroxylation sites is 1. The number of nitrogens with two attached hydrogens (primary N) is 1. The highest BCUT2D eigenvalue weighted by Gasteiger charge is 2.23. The minimum atomic E-state index is 0.183. The minimum Gasteiger partial charge on any atom is -0.507 e. The van der Waals surface area contributed by atoms with Gasteiger partial charge in [-0.15, -0.1) is 10.2 Å². The van der Waals surface area contributed by atoms with Crippen molar-refractivity contribution >= 4 is 11.6 Å². The van der Waals surface area contributed by atoms with Gasteiger partial charge in [-0.1, -0.05) is 18.1 Å². The third-order valence-corrected chi connectivity index (χ3v) is 5.76. The monoisotopic (exact) mass is 443 g/mol. The molecule has 3 aromatic rings. The lowest BCUT2D eigenvalue weighted by Gasteiger charge is -2.22. The van der Waals surface area contributed by atoms with E-state index in [1.54, 1.807) is 18.3 Å². The van der Waals surface area contributed by atoms with Crippen LogP contribution in [0.1, 0.15) is 36.6 Å². The van der Waals surface area contributed by atoms with Gasteiger partial charge >= 0.3 is 0 Å². The maximum absolute atomic E-state index is 10.2. The number of nitrogen functional groups attached to an aromatic ring is 1. The van der Waals surface area contributed by atoms with Crippen LogP contribution in [0.25, 0.3) is 11.3 Å². The van der Waals surface area contributed by atoms with Crippen molar-refractivity contribution in [1.29, 1.82) is 0 Å². The summed E-state index contributed by atoms with van der Waals surface area (Å²) in [6.07, 6.45) is 4.69. The molecule has 2 aromatic heterocycles. The first kappa shape index (κ1) is 22.5. The molecule has 33 heavy (non-hydrogen) atoms. The third-order valence-electron chi connectivity index (χ3n) is 5.76. The van der Waals surface area contributed by atoms with E-state index in [0.29, 0.717) is 29.4 Å². The first-order valence-electron chi connectivity index (χ1n) is 11.1. The second kappa shape index (κ2) is 10.3. The molecule has 1 aliphatic heterocycles. The lowest BCUT2D eigenvalue weighted by Crippen LogP contribution is -2.25. The van der Waals surface area contributed by atoms with Gasteiger partial charge in [-0.2, -0.15) is 0 Å². The number of aromatic hydroxyl groups is 1. The molecular formula is C25H29N7O. The number of rotatable bonds is 4. The van der Waals surface area contributed by atoms with Crippen molar-refractivity contribution in [2.75, 3.05) is 44.4 Å². The molecule has 1 aliphatic rings. The van der Waals surface area contributed by atoms with Crippen LogP contribution in [0.2, 0.25) is 0 Å². The van der Waals surface area contributed by atoms with Crippen LogP contribution in [0.15, 0.2) is 42.6 Å². The van der Waals surface area contributed by atoms with Crippen LogP contribution in [0, 0.1) is 11.8 Å². The van der Waals surface area contributed by atoms with Crippen molar-refractivity contribution in [3.8, 4) is 28.8 Å². The molecule has 0 bridgehead atoms. The lowest BCUT2D eigenvalue weighted by molar-refractivity contribution is 0.464. The van der Waals surface area contributed by atoms with Crippen molar-refractivity contribution in [3.63, 3.8) is 0 Å². The van der Waals surface area contributed by atoms with Gasteiger partial charge in [0.2, 0.25) is 5.82 Å². The van der Waals surface area contributed by atoms with E-state index in [9.17, 15) is 5.11 Å². The zero-order valence-corrected chi connectivity index (χ0v) is 19.1. The highest BCUT2D eigenvalue weighted by atomic mass is 16.3.